The van der Waals surface area contributed by atoms with Crippen LogP contribution in [0, 0.1) is 0 Å². The number of unbranched alkanes of at least 4 members (excludes halogenated alkanes) is 1. The highest BCUT2D eigenvalue weighted by atomic mass is 32.1. The van der Waals surface area contributed by atoms with E-state index in [1.165, 1.54) is 18.4 Å². The van der Waals surface area contributed by atoms with E-state index in [0.717, 1.165) is 17.7 Å². The molecule has 0 spiro atoms. The van der Waals surface area contributed by atoms with Crippen molar-refractivity contribution in [3.05, 3.63) is 47.2 Å². The van der Waals surface area contributed by atoms with E-state index < -0.39 is 5.97 Å². The van der Waals surface area contributed by atoms with Crippen molar-refractivity contribution in [2.24, 2.45) is 0 Å². The second kappa shape index (κ2) is 9.18. The van der Waals surface area contributed by atoms with E-state index in [0.29, 0.717) is 29.5 Å². The van der Waals surface area contributed by atoms with Gasteiger partial charge in [-0.2, -0.15) is 4.98 Å². The second-order valence-electron chi connectivity index (χ2n) is 5.63. The van der Waals surface area contributed by atoms with E-state index in [-0.39, 0.29) is 12.5 Å². The Morgan fingerprint density at radius 3 is 2.89 bits per heavy atom. The van der Waals surface area contributed by atoms with Crippen LogP contribution in [0.5, 0.6) is 11.5 Å². The Bertz CT molecular complexity index is 876. The quantitative estimate of drug-likeness (QED) is 0.398. The summed E-state index contributed by atoms with van der Waals surface area (Å²) >= 11 is 1.50. The second-order valence-corrected chi connectivity index (χ2v) is 6.58. The molecule has 2 heterocycles. The zero-order valence-corrected chi connectivity index (χ0v) is 16.0. The van der Waals surface area contributed by atoms with Crippen LogP contribution in [-0.2, 0) is 11.3 Å². The van der Waals surface area contributed by atoms with Crippen LogP contribution >= 0.6 is 11.3 Å². The van der Waals surface area contributed by atoms with Crippen LogP contribution in [0.1, 0.15) is 36.0 Å². The molecule has 0 saturated carbocycles. The number of esters is 1. The molecular weight excluding hydrogens is 368 g/mol. The summed E-state index contributed by atoms with van der Waals surface area (Å²) in [7, 11) is 1.53. The van der Waals surface area contributed by atoms with Crippen molar-refractivity contribution in [2.75, 3.05) is 13.7 Å². The zero-order chi connectivity index (χ0) is 19.1. The molecule has 7 nitrogen and oxygen atoms in total. The number of aromatic nitrogens is 2. The van der Waals surface area contributed by atoms with E-state index >= 15 is 0 Å². The number of hydrogen-bond donors (Lipinski definition) is 0. The topological polar surface area (TPSA) is 83.7 Å². The number of ether oxygens (including phenoxy) is 3. The minimum Gasteiger partial charge on any atom is -0.493 e. The van der Waals surface area contributed by atoms with Crippen LogP contribution < -0.4 is 9.47 Å². The highest BCUT2D eigenvalue weighted by Crippen LogP contribution is 2.29. The predicted octanol–water partition coefficient (Wildman–Crippen LogP) is 4.34. The van der Waals surface area contributed by atoms with Crippen molar-refractivity contribution in [1.82, 2.24) is 10.1 Å². The fourth-order valence-electron chi connectivity index (χ4n) is 2.27. The molecule has 0 unspecified atom stereocenters. The monoisotopic (exact) mass is 388 g/mol. The summed E-state index contributed by atoms with van der Waals surface area (Å²) in [5.41, 5.74) is 0.354. The SMILES string of the molecule is CCCCOc1ccc(C(=O)OCc2nc(-c3cccs3)no2)cc1OC. The van der Waals surface area contributed by atoms with Gasteiger partial charge < -0.3 is 18.7 Å². The molecule has 0 aliphatic heterocycles. The Kier molecular flexibility index (Phi) is 6.43. The molecule has 1 aromatic carbocycles. The van der Waals surface area contributed by atoms with Gasteiger partial charge in [0.2, 0.25) is 5.82 Å². The van der Waals surface area contributed by atoms with Crippen molar-refractivity contribution in [3.63, 3.8) is 0 Å². The van der Waals surface area contributed by atoms with Crippen molar-refractivity contribution >= 4 is 17.3 Å². The first-order valence-corrected chi connectivity index (χ1v) is 9.43. The lowest BCUT2D eigenvalue weighted by atomic mass is 10.2. The molecular formula is C19H20N2O5S. The van der Waals surface area contributed by atoms with Crippen LogP contribution in [0.4, 0.5) is 0 Å². The summed E-state index contributed by atoms with van der Waals surface area (Å²) in [5.74, 6) is 1.28. The molecule has 2 aromatic heterocycles. The number of rotatable bonds is 9. The molecule has 0 radical (unpaired) electrons. The van der Waals surface area contributed by atoms with E-state index in [1.54, 1.807) is 18.2 Å². The van der Waals surface area contributed by atoms with Gasteiger partial charge in [-0.1, -0.05) is 24.6 Å². The molecule has 8 heteroatoms. The van der Waals surface area contributed by atoms with Crippen LogP contribution in [0.15, 0.2) is 40.2 Å². The van der Waals surface area contributed by atoms with E-state index in [2.05, 4.69) is 17.1 Å². The predicted molar refractivity (Wildman–Crippen MR) is 100 cm³/mol. The average Bonchev–Trinajstić information content (AvgIpc) is 3.38. The summed E-state index contributed by atoms with van der Waals surface area (Å²) in [6.07, 6.45) is 1.99. The Morgan fingerprint density at radius 2 is 2.15 bits per heavy atom. The Hall–Kier alpha value is -2.87. The molecule has 142 valence electrons. The lowest BCUT2D eigenvalue weighted by Gasteiger charge is -2.11. The first kappa shape index (κ1) is 18.9. The lowest BCUT2D eigenvalue weighted by molar-refractivity contribution is 0.0429. The van der Waals surface area contributed by atoms with Gasteiger partial charge in [-0.3, -0.25) is 0 Å². The maximum atomic E-state index is 12.3. The number of nitrogens with zero attached hydrogens (tertiary/aromatic N) is 2. The van der Waals surface area contributed by atoms with E-state index in [4.69, 9.17) is 18.7 Å². The fraction of sp³-hybridized carbons (Fsp3) is 0.316. The molecule has 27 heavy (non-hydrogen) atoms. The first-order chi connectivity index (χ1) is 13.2. The molecule has 0 N–H and O–H groups in total. The summed E-state index contributed by atoms with van der Waals surface area (Å²) in [6, 6.07) is 8.72. The van der Waals surface area contributed by atoms with Gasteiger partial charge in [0.15, 0.2) is 18.1 Å². The molecule has 0 aliphatic rings. The summed E-state index contributed by atoms with van der Waals surface area (Å²) in [4.78, 5) is 17.4. The van der Waals surface area contributed by atoms with Gasteiger partial charge in [-0.05, 0) is 36.1 Å². The minimum atomic E-state index is -0.510. The number of carbonyl (C=O) groups is 1. The number of hydrogen-bond acceptors (Lipinski definition) is 8. The fourth-order valence-corrected chi connectivity index (χ4v) is 2.92. The highest BCUT2D eigenvalue weighted by Gasteiger charge is 2.15. The van der Waals surface area contributed by atoms with E-state index in [9.17, 15) is 4.79 Å². The molecule has 0 atom stereocenters. The van der Waals surface area contributed by atoms with Crippen molar-refractivity contribution in [1.29, 1.82) is 0 Å². The van der Waals surface area contributed by atoms with Crippen LogP contribution in [0.2, 0.25) is 0 Å². The molecule has 0 bridgehead atoms. The normalized spacial score (nSPS) is 10.6. The highest BCUT2D eigenvalue weighted by molar-refractivity contribution is 7.13. The number of benzene rings is 1. The smallest absolute Gasteiger partial charge is 0.338 e. The molecule has 0 aliphatic carbocycles. The Morgan fingerprint density at radius 1 is 1.26 bits per heavy atom. The van der Waals surface area contributed by atoms with Crippen LogP contribution in [-0.4, -0.2) is 29.8 Å². The Labute approximate surface area is 160 Å². The van der Waals surface area contributed by atoms with Gasteiger partial charge in [0.1, 0.15) is 0 Å². The largest absolute Gasteiger partial charge is 0.493 e. The number of methoxy groups -OCH3 is 1. The molecule has 0 fully saturated rings. The Balaban J connectivity index is 1.60. The standard InChI is InChI=1S/C19H20N2O5S/c1-3-4-9-24-14-8-7-13(11-15(14)23-2)19(22)25-12-17-20-18(21-26-17)16-6-5-10-27-16/h5-8,10-11H,3-4,9,12H2,1-2H3. The van der Waals surface area contributed by atoms with Gasteiger partial charge in [-0.15, -0.1) is 11.3 Å². The van der Waals surface area contributed by atoms with Gasteiger partial charge in [0, 0.05) is 0 Å². The van der Waals surface area contributed by atoms with Gasteiger partial charge in [0.05, 0.1) is 24.2 Å². The summed E-state index contributed by atoms with van der Waals surface area (Å²) < 4.78 is 21.3. The van der Waals surface area contributed by atoms with Gasteiger partial charge in [0.25, 0.3) is 5.89 Å². The molecule has 0 amide bonds. The molecule has 3 rings (SSSR count). The maximum absolute atomic E-state index is 12.3. The van der Waals surface area contributed by atoms with Crippen LogP contribution in [0.25, 0.3) is 10.7 Å². The molecule has 3 aromatic rings. The van der Waals surface area contributed by atoms with Crippen molar-refractivity contribution < 1.29 is 23.5 Å². The summed E-state index contributed by atoms with van der Waals surface area (Å²) in [6.45, 7) is 2.58. The minimum absolute atomic E-state index is 0.103. The average molecular weight is 388 g/mol. The zero-order valence-electron chi connectivity index (χ0n) is 15.1. The molecule has 0 saturated heterocycles. The van der Waals surface area contributed by atoms with Crippen molar-refractivity contribution in [2.45, 2.75) is 26.4 Å². The third-order valence-corrected chi connectivity index (χ3v) is 4.56. The maximum Gasteiger partial charge on any atom is 0.338 e. The van der Waals surface area contributed by atoms with Crippen molar-refractivity contribution in [3.8, 4) is 22.2 Å². The van der Waals surface area contributed by atoms with Gasteiger partial charge >= 0.3 is 5.97 Å². The third-order valence-electron chi connectivity index (χ3n) is 3.69. The van der Waals surface area contributed by atoms with Crippen LogP contribution in [0.3, 0.4) is 0 Å². The summed E-state index contributed by atoms with van der Waals surface area (Å²) in [5, 5.41) is 5.81. The first-order valence-electron chi connectivity index (χ1n) is 8.55. The van der Waals surface area contributed by atoms with E-state index in [1.807, 2.05) is 17.5 Å². The third kappa shape index (κ3) is 4.85. The number of thiophene rings is 1. The lowest BCUT2D eigenvalue weighted by Crippen LogP contribution is -2.06. The number of carbonyl (C=O) groups excluding carboxylic acids is 1. The van der Waals surface area contributed by atoms with Gasteiger partial charge in [-0.25, -0.2) is 4.79 Å².